The van der Waals surface area contributed by atoms with Crippen molar-refractivity contribution in [3.05, 3.63) is 29.8 Å². The molecule has 6 heteroatoms. The van der Waals surface area contributed by atoms with Crippen LogP contribution in [0.2, 0.25) is 0 Å². The molecule has 0 spiro atoms. The van der Waals surface area contributed by atoms with E-state index in [0.717, 1.165) is 6.42 Å². The van der Waals surface area contributed by atoms with Gasteiger partial charge in [0.25, 0.3) is 10.1 Å². The number of hydrogen-bond acceptors (Lipinski definition) is 4. The minimum Gasteiger partial charge on any atom is -0.494 e. The van der Waals surface area contributed by atoms with Crippen molar-refractivity contribution in [2.45, 2.75) is 20.3 Å². The molecule has 0 aliphatic heterocycles. The van der Waals surface area contributed by atoms with Crippen LogP contribution in [0.25, 0.3) is 0 Å². The van der Waals surface area contributed by atoms with Crippen molar-refractivity contribution < 1.29 is 22.5 Å². The fourth-order valence-corrected chi connectivity index (χ4v) is 1.90. The summed E-state index contributed by atoms with van der Waals surface area (Å²) in [4.78, 5) is 11.5. The molecule has 0 saturated carbocycles. The van der Waals surface area contributed by atoms with Crippen LogP contribution in [0.15, 0.2) is 24.3 Å². The third kappa shape index (κ3) is 6.35. The molecular weight excluding hydrogens is 268 g/mol. The van der Waals surface area contributed by atoms with E-state index in [9.17, 15) is 13.2 Å². The van der Waals surface area contributed by atoms with Crippen molar-refractivity contribution in [2.24, 2.45) is 5.92 Å². The van der Waals surface area contributed by atoms with Crippen LogP contribution in [0, 0.1) is 5.92 Å². The first-order chi connectivity index (χ1) is 8.78. The molecule has 1 aromatic rings. The lowest BCUT2D eigenvalue weighted by molar-refractivity contribution is 0.101. The smallest absolute Gasteiger partial charge is 0.272 e. The predicted octanol–water partition coefficient (Wildman–Crippen LogP) is 2.18. The topological polar surface area (TPSA) is 80.7 Å². The van der Waals surface area contributed by atoms with Gasteiger partial charge in [-0.2, -0.15) is 8.42 Å². The molecule has 0 aliphatic carbocycles. The molecule has 0 bridgehead atoms. The predicted molar refractivity (Wildman–Crippen MR) is 72.1 cm³/mol. The molecule has 0 fully saturated rings. The molecule has 0 amide bonds. The van der Waals surface area contributed by atoms with Crippen LogP contribution in [-0.2, 0) is 10.1 Å². The highest BCUT2D eigenvalue weighted by atomic mass is 32.2. The van der Waals surface area contributed by atoms with Gasteiger partial charge in [-0.15, -0.1) is 0 Å². The Labute approximate surface area is 113 Å². The Morgan fingerprint density at radius 1 is 1.26 bits per heavy atom. The molecule has 19 heavy (non-hydrogen) atoms. The monoisotopic (exact) mass is 286 g/mol. The summed E-state index contributed by atoms with van der Waals surface area (Å²) < 4.78 is 35.3. The number of hydrogen-bond donors (Lipinski definition) is 1. The summed E-state index contributed by atoms with van der Waals surface area (Å²) in [6.07, 6.45) is 0.934. The van der Waals surface area contributed by atoms with Crippen molar-refractivity contribution in [3.8, 4) is 5.75 Å². The van der Waals surface area contributed by atoms with Gasteiger partial charge in [0.2, 0.25) is 0 Å². The van der Waals surface area contributed by atoms with Crippen LogP contribution >= 0.6 is 0 Å². The van der Waals surface area contributed by atoms with Crippen LogP contribution < -0.4 is 4.74 Å². The highest BCUT2D eigenvalue weighted by Crippen LogP contribution is 2.14. The van der Waals surface area contributed by atoms with Crippen LogP contribution in [0.4, 0.5) is 0 Å². The van der Waals surface area contributed by atoms with E-state index >= 15 is 0 Å². The van der Waals surface area contributed by atoms with Gasteiger partial charge in [0.15, 0.2) is 5.78 Å². The van der Waals surface area contributed by atoms with E-state index in [-0.39, 0.29) is 5.56 Å². The zero-order chi connectivity index (χ0) is 14.5. The number of benzene rings is 1. The zero-order valence-electron chi connectivity index (χ0n) is 11.0. The third-order valence-corrected chi connectivity index (χ3v) is 3.08. The molecule has 5 nitrogen and oxygen atoms in total. The average molecular weight is 286 g/mol. The second kappa shape index (κ2) is 6.68. The highest BCUT2D eigenvalue weighted by Gasteiger charge is 2.14. The molecule has 1 aromatic carbocycles. The second-order valence-corrected chi connectivity index (χ2v) is 6.16. The number of ether oxygens (including phenoxy) is 1. The molecule has 0 heterocycles. The second-order valence-electron chi connectivity index (χ2n) is 4.70. The Bertz CT molecular complexity index is 516. The van der Waals surface area contributed by atoms with Gasteiger partial charge in [-0.25, -0.2) is 0 Å². The van der Waals surface area contributed by atoms with Crippen molar-refractivity contribution in [1.29, 1.82) is 0 Å². The summed E-state index contributed by atoms with van der Waals surface area (Å²) in [7, 11) is -4.29. The Morgan fingerprint density at radius 3 is 2.32 bits per heavy atom. The Balaban J connectivity index is 2.58. The van der Waals surface area contributed by atoms with Crippen molar-refractivity contribution in [1.82, 2.24) is 0 Å². The maximum Gasteiger partial charge on any atom is 0.272 e. The number of carbonyl (C=O) groups excluding carboxylic acids is 1. The number of rotatable bonds is 7. The van der Waals surface area contributed by atoms with Gasteiger partial charge >= 0.3 is 0 Å². The van der Waals surface area contributed by atoms with Crippen molar-refractivity contribution in [2.75, 3.05) is 12.4 Å². The van der Waals surface area contributed by atoms with Gasteiger partial charge in [0, 0.05) is 5.56 Å². The van der Waals surface area contributed by atoms with Crippen LogP contribution in [0.1, 0.15) is 30.6 Å². The number of carbonyl (C=O) groups is 1. The van der Waals surface area contributed by atoms with Crippen LogP contribution in [0.3, 0.4) is 0 Å². The Hall–Kier alpha value is -1.40. The molecule has 0 aliphatic rings. The molecule has 1 rings (SSSR count). The first-order valence-electron chi connectivity index (χ1n) is 5.99. The molecule has 0 atom stereocenters. The molecule has 0 radical (unpaired) electrons. The summed E-state index contributed by atoms with van der Waals surface area (Å²) >= 11 is 0. The fraction of sp³-hybridized carbons (Fsp3) is 0.462. The third-order valence-electron chi connectivity index (χ3n) is 2.45. The maximum absolute atomic E-state index is 11.5. The Morgan fingerprint density at radius 2 is 1.84 bits per heavy atom. The summed E-state index contributed by atoms with van der Waals surface area (Å²) in [5.41, 5.74) is 0.230. The first-order valence-corrected chi connectivity index (χ1v) is 7.60. The highest BCUT2D eigenvalue weighted by molar-refractivity contribution is 7.86. The van der Waals surface area contributed by atoms with Gasteiger partial charge in [-0.3, -0.25) is 9.35 Å². The van der Waals surface area contributed by atoms with Gasteiger partial charge < -0.3 is 4.74 Å². The molecule has 0 saturated heterocycles. The lowest BCUT2D eigenvalue weighted by Crippen LogP contribution is -2.14. The van der Waals surface area contributed by atoms with Crippen molar-refractivity contribution in [3.63, 3.8) is 0 Å². The molecule has 1 N–H and O–H groups in total. The summed E-state index contributed by atoms with van der Waals surface area (Å²) in [5, 5.41) is 0. The molecule has 106 valence electrons. The van der Waals surface area contributed by atoms with Gasteiger partial charge in [-0.1, -0.05) is 13.8 Å². The zero-order valence-corrected chi connectivity index (χ0v) is 11.8. The fourth-order valence-electron chi connectivity index (χ4n) is 1.40. The van der Waals surface area contributed by atoms with E-state index in [4.69, 9.17) is 9.29 Å². The SMILES string of the molecule is CC(C)CCOc1ccc(C(=O)CS(=O)(=O)O)cc1. The van der Waals surface area contributed by atoms with E-state index in [1.807, 2.05) is 0 Å². The Kier molecular flexibility index (Phi) is 5.50. The van der Waals surface area contributed by atoms with Gasteiger partial charge in [-0.05, 0) is 36.6 Å². The normalized spacial score (nSPS) is 11.6. The quantitative estimate of drug-likeness (QED) is 0.614. The lowest BCUT2D eigenvalue weighted by Gasteiger charge is -2.08. The van der Waals surface area contributed by atoms with E-state index in [1.54, 1.807) is 12.1 Å². The minimum atomic E-state index is -4.29. The average Bonchev–Trinajstić information content (AvgIpc) is 2.27. The maximum atomic E-state index is 11.5. The summed E-state index contributed by atoms with van der Waals surface area (Å²) in [6, 6.07) is 6.19. The summed E-state index contributed by atoms with van der Waals surface area (Å²) in [5.74, 6) is -0.364. The number of Topliss-reactive ketones (excluding diaryl/α,β-unsaturated/α-hetero) is 1. The van der Waals surface area contributed by atoms with Crippen LogP contribution in [-0.4, -0.2) is 31.1 Å². The van der Waals surface area contributed by atoms with E-state index in [2.05, 4.69) is 13.8 Å². The van der Waals surface area contributed by atoms with Crippen LogP contribution in [0.5, 0.6) is 5.75 Å². The van der Waals surface area contributed by atoms with E-state index < -0.39 is 21.7 Å². The summed E-state index contributed by atoms with van der Waals surface area (Å²) in [6.45, 7) is 4.79. The number of ketones is 1. The largest absolute Gasteiger partial charge is 0.494 e. The molecular formula is C13H18O5S. The van der Waals surface area contributed by atoms with E-state index in [1.165, 1.54) is 12.1 Å². The molecule has 0 aromatic heterocycles. The van der Waals surface area contributed by atoms with Crippen molar-refractivity contribution >= 4 is 15.9 Å². The minimum absolute atomic E-state index is 0.230. The first kappa shape index (κ1) is 15.7. The van der Waals surface area contributed by atoms with Gasteiger partial charge in [0.1, 0.15) is 11.5 Å². The van der Waals surface area contributed by atoms with E-state index in [0.29, 0.717) is 18.3 Å². The van der Waals surface area contributed by atoms with Gasteiger partial charge in [0.05, 0.1) is 6.61 Å². The molecule has 0 unspecified atom stereocenters. The lowest BCUT2D eigenvalue weighted by atomic mass is 10.1. The standard InChI is InChI=1S/C13H18O5S/c1-10(2)7-8-18-12-5-3-11(4-6-12)13(14)9-19(15,16)17/h3-6,10H,7-9H2,1-2H3,(H,15,16,17).